The summed E-state index contributed by atoms with van der Waals surface area (Å²) >= 11 is 7.21. The molecule has 0 spiro atoms. The van der Waals surface area contributed by atoms with Gasteiger partial charge in [0.05, 0.1) is 12.0 Å². The van der Waals surface area contributed by atoms with Crippen molar-refractivity contribution in [1.82, 2.24) is 9.97 Å². The van der Waals surface area contributed by atoms with Gasteiger partial charge in [-0.05, 0) is 43.7 Å². The number of aromatic nitrogens is 2. The Hall–Kier alpha value is -2.18. The number of halogens is 1. The second-order valence-corrected chi connectivity index (χ2v) is 6.25. The highest BCUT2D eigenvalue weighted by molar-refractivity contribution is 7.20. The van der Waals surface area contributed by atoms with E-state index in [4.69, 9.17) is 16.3 Å². The van der Waals surface area contributed by atoms with Gasteiger partial charge < -0.3 is 10.1 Å². The van der Waals surface area contributed by atoms with Crippen molar-refractivity contribution in [2.24, 2.45) is 0 Å². The molecule has 0 amide bonds. The fourth-order valence-corrected chi connectivity index (χ4v) is 3.40. The molecule has 3 aromatic rings. The molecule has 0 saturated carbocycles. The Morgan fingerprint density at radius 2 is 2.04 bits per heavy atom. The van der Waals surface area contributed by atoms with Crippen molar-refractivity contribution in [3.05, 3.63) is 46.1 Å². The largest absolute Gasteiger partial charge is 0.462 e. The Bertz CT molecular complexity index is 862. The third kappa shape index (κ3) is 3.13. The highest BCUT2D eigenvalue weighted by atomic mass is 35.5. The van der Waals surface area contributed by atoms with Crippen molar-refractivity contribution in [2.75, 3.05) is 11.9 Å². The molecule has 0 unspecified atom stereocenters. The first kappa shape index (κ1) is 15.7. The van der Waals surface area contributed by atoms with Gasteiger partial charge in [0, 0.05) is 10.7 Å². The zero-order valence-electron chi connectivity index (χ0n) is 12.6. The molecule has 23 heavy (non-hydrogen) atoms. The van der Waals surface area contributed by atoms with Crippen LogP contribution in [0.2, 0.25) is 5.02 Å². The lowest BCUT2D eigenvalue weighted by Gasteiger charge is -2.07. The number of ether oxygens (including phenoxy) is 1. The van der Waals surface area contributed by atoms with Gasteiger partial charge in [-0.3, -0.25) is 0 Å². The molecule has 0 aliphatic heterocycles. The van der Waals surface area contributed by atoms with E-state index in [1.807, 2.05) is 19.1 Å². The van der Waals surface area contributed by atoms with Crippen molar-refractivity contribution in [3.63, 3.8) is 0 Å². The lowest BCUT2D eigenvalue weighted by molar-refractivity contribution is 0.0531. The Labute approximate surface area is 142 Å². The Morgan fingerprint density at radius 3 is 2.74 bits per heavy atom. The predicted molar refractivity (Wildman–Crippen MR) is 92.8 cm³/mol. The van der Waals surface area contributed by atoms with E-state index in [1.165, 1.54) is 17.7 Å². The monoisotopic (exact) mass is 347 g/mol. The third-order valence-corrected chi connectivity index (χ3v) is 4.73. The average molecular weight is 348 g/mol. The van der Waals surface area contributed by atoms with Crippen molar-refractivity contribution in [1.29, 1.82) is 0 Å². The normalized spacial score (nSPS) is 10.7. The number of thiophene rings is 1. The van der Waals surface area contributed by atoms with Gasteiger partial charge in [-0.25, -0.2) is 14.8 Å². The summed E-state index contributed by atoms with van der Waals surface area (Å²) in [6.07, 6.45) is 1.48. The van der Waals surface area contributed by atoms with E-state index in [-0.39, 0.29) is 5.97 Å². The molecule has 0 fully saturated rings. The molecule has 0 saturated heterocycles. The fraction of sp³-hybridized carbons (Fsp3) is 0.188. The summed E-state index contributed by atoms with van der Waals surface area (Å²) in [5, 5.41) is 4.74. The van der Waals surface area contributed by atoms with E-state index < -0.39 is 0 Å². The SMILES string of the molecule is CCOC(=O)c1sc2ncnc(Nc3ccc(Cl)cc3)c2c1C. The molecule has 2 heterocycles. The molecule has 0 aliphatic carbocycles. The molecule has 0 radical (unpaired) electrons. The summed E-state index contributed by atoms with van der Waals surface area (Å²) in [4.78, 5) is 21.9. The summed E-state index contributed by atoms with van der Waals surface area (Å²) in [7, 11) is 0. The quantitative estimate of drug-likeness (QED) is 0.700. The van der Waals surface area contributed by atoms with Gasteiger partial charge in [-0.1, -0.05) is 11.6 Å². The fourth-order valence-electron chi connectivity index (χ4n) is 2.23. The van der Waals surface area contributed by atoms with Crippen LogP contribution >= 0.6 is 22.9 Å². The lowest BCUT2D eigenvalue weighted by atomic mass is 10.2. The van der Waals surface area contributed by atoms with Crippen molar-refractivity contribution >= 4 is 50.6 Å². The maximum Gasteiger partial charge on any atom is 0.348 e. The minimum absolute atomic E-state index is 0.328. The van der Waals surface area contributed by atoms with Crippen LogP contribution in [0.1, 0.15) is 22.2 Å². The predicted octanol–water partition coefficient (Wildman–Crippen LogP) is 4.57. The summed E-state index contributed by atoms with van der Waals surface area (Å²) in [6.45, 7) is 4.00. The Kier molecular flexibility index (Phi) is 4.45. The van der Waals surface area contributed by atoms with Crippen molar-refractivity contribution in [3.8, 4) is 0 Å². The van der Waals surface area contributed by atoms with Crippen LogP contribution in [0.15, 0.2) is 30.6 Å². The van der Waals surface area contributed by atoms with Gasteiger partial charge in [-0.2, -0.15) is 0 Å². The number of rotatable bonds is 4. The Morgan fingerprint density at radius 1 is 1.30 bits per heavy atom. The molecule has 0 bridgehead atoms. The number of benzene rings is 1. The average Bonchev–Trinajstić information content (AvgIpc) is 2.88. The van der Waals surface area contributed by atoms with Crippen molar-refractivity contribution in [2.45, 2.75) is 13.8 Å². The van der Waals surface area contributed by atoms with Crippen LogP contribution in [-0.2, 0) is 4.74 Å². The number of nitrogens with one attached hydrogen (secondary N) is 1. The van der Waals surface area contributed by atoms with Crippen LogP contribution in [0.5, 0.6) is 0 Å². The number of esters is 1. The molecular weight excluding hydrogens is 334 g/mol. The van der Waals surface area contributed by atoms with E-state index in [2.05, 4.69) is 15.3 Å². The van der Waals surface area contributed by atoms with Gasteiger partial charge in [0.1, 0.15) is 21.9 Å². The maximum atomic E-state index is 12.0. The minimum Gasteiger partial charge on any atom is -0.462 e. The lowest BCUT2D eigenvalue weighted by Crippen LogP contribution is -2.03. The second kappa shape index (κ2) is 6.52. The summed E-state index contributed by atoms with van der Waals surface area (Å²) < 4.78 is 5.10. The van der Waals surface area contributed by atoms with Crippen LogP contribution in [0.4, 0.5) is 11.5 Å². The van der Waals surface area contributed by atoms with Gasteiger partial charge in [0.15, 0.2) is 0 Å². The minimum atomic E-state index is -0.328. The van der Waals surface area contributed by atoms with Gasteiger partial charge in [0.2, 0.25) is 0 Å². The number of hydrogen-bond acceptors (Lipinski definition) is 6. The van der Waals surface area contributed by atoms with E-state index in [0.29, 0.717) is 22.3 Å². The van der Waals surface area contributed by atoms with Crippen LogP contribution in [-0.4, -0.2) is 22.5 Å². The number of carbonyl (C=O) groups excluding carboxylic acids is 1. The number of carbonyl (C=O) groups is 1. The van der Waals surface area contributed by atoms with Gasteiger partial charge in [-0.15, -0.1) is 11.3 Å². The molecule has 3 rings (SSSR count). The highest BCUT2D eigenvalue weighted by Crippen LogP contribution is 2.34. The number of nitrogens with zero attached hydrogens (tertiary/aromatic N) is 2. The zero-order valence-corrected chi connectivity index (χ0v) is 14.2. The Balaban J connectivity index is 2.04. The van der Waals surface area contributed by atoms with Gasteiger partial charge in [0.25, 0.3) is 0 Å². The molecule has 2 aromatic heterocycles. The molecule has 0 atom stereocenters. The number of fused-ring (bicyclic) bond motifs is 1. The third-order valence-electron chi connectivity index (χ3n) is 3.29. The maximum absolute atomic E-state index is 12.0. The first-order valence-electron chi connectivity index (χ1n) is 7.04. The molecule has 118 valence electrons. The summed E-state index contributed by atoms with van der Waals surface area (Å²) in [5.74, 6) is 0.326. The first-order valence-corrected chi connectivity index (χ1v) is 8.23. The van der Waals surface area contributed by atoms with E-state index >= 15 is 0 Å². The van der Waals surface area contributed by atoms with E-state index in [1.54, 1.807) is 19.1 Å². The summed E-state index contributed by atoms with van der Waals surface area (Å²) in [5.41, 5.74) is 1.68. The van der Waals surface area contributed by atoms with E-state index in [9.17, 15) is 4.79 Å². The molecule has 5 nitrogen and oxygen atoms in total. The molecule has 7 heteroatoms. The zero-order chi connectivity index (χ0) is 16.4. The topological polar surface area (TPSA) is 64.1 Å². The van der Waals surface area contributed by atoms with E-state index in [0.717, 1.165) is 21.5 Å². The van der Waals surface area contributed by atoms with Crippen LogP contribution in [0, 0.1) is 6.92 Å². The molecular formula is C16H14ClN3O2S. The van der Waals surface area contributed by atoms with Crippen LogP contribution in [0.3, 0.4) is 0 Å². The van der Waals surface area contributed by atoms with Gasteiger partial charge >= 0.3 is 5.97 Å². The number of aryl methyl sites for hydroxylation is 1. The van der Waals surface area contributed by atoms with Crippen LogP contribution < -0.4 is 5.32 Å². The van der Waals surface area contributed by atoms with Crippen LogP contribution in [0.25, 0.3) is 10.2 Å². The van der Waals surface area contributed by atoms with Crippen molar-refractivity contribution < 1.29 is 9.53 Å². The smallest absolute Gasteiger partial charge is 0.348 e. The molecule has 0 aliphatic rings. The molecule has 1 N–H and O–H groups in total. The number of hydrogen-bond donors (Lipinski definition) is 1. The first-order chi connectivity index (χ1) is 11.1. The number of anilines is 2. The standard InChI is InChI=1S/C16H14ClN3O2S/c1-3-22-16(21)13-9(2)12-14(18-8-19-15(12)23-13)20-11-6-4-10(17)5-7-11/h4-8H,3H2,1-2H3,(H,18,19,20). The highest BCUT2D eigenvalue weighted by Gasteiger charge is 2.20. The molecule has 1 aromatic carbocycles. The second-order valence-electron chi connectivity index (χ2n) is 4.81. The summed E-state index contributed by atoms with van der Waals surface area (Å²) in [6, 6.07) is 7.33.